The molecule has 2 aromatic carbocycles. The van der Waals surface area contributed by atoms with Crippen LogP contribution in [0.1, 0.15) is 23.7 Å². The number of hydrogen-bond donors (Lipinski definition) is 2. The lowest BCUT2D eigenvalue weighted by Gasteiger charge is -2.19. The molecule has 0 aliphatic rings. The van der Waals surface area contributed by atoms with E-state index in [0.29, 0.717) is 42.3 Å². The van der Waals surface area contributed by atoms with Crippen LogP contribution >= 0.6 is 0 Å². The lowest BCUT2D eigenvalue weighted by atomic mass is 10.1. The Hall–Kier alpha value is -3.11. The van der Waals surface area contributed by atoms with E-state index in [4.69, 9.17) is 9.47 Å². The Morgan fingerprint density at radius 1 is 1.09 bits per heavy atom. The average Bonchev–Trinajstić information content (AvgIpc) is 2.76. The molecular formula is C22H29N3O6S. The van der Waals surface area contributed by atoms with Crippen LogP contribution in [0.2, 0.25) is 0 Å². The van der Waals surface area contributed by atoms with E-state index in [9.17, 15) is 18.0 Å². The molecule has 2 aromatic rings. The Bertz CT molecular complexity index is 1020. The van der Waals surface area contributed by atoms with E-state index in [-0.39, 0.29) is 5.91 Å². The van der Waals surface area contributed by atoms with E-state index in [1.807, 2.05) is 0 Å². The van der Waals surface area contributed by atoms with Gasteiger partial charge < -0.3 is 20.1 Å². The van der Waals surface area contributed by atoms with Crippen LogP contribution in [0.5, 0.6) is 5.75 Å². The average molecular weight is 464 g/mol. The van der Waals surface area contributed by atoms with Crippen LogP contribution in [0.4, 0.5) is 11.4 Å². The molecule has 2 rings (SSSR count). The first-order valence-electron chi connectivity index (χ1n) is 10.0. The first-order valence-corrected chi connectivity index (χ1v) is 11.9. The van der Waals surface area contributed by atoms with Gasteiger partial charge in [0.25, 0.3) is 11.8 Å². The van der Waals surface area contributed by atoms with Crippen LogP contribution in [0, 0.1) is 0 Å². The highest BCUT2D eigenvalue weighted by Crippen LogP contribution is 2.22. The van der Waals surface area contributed by atoms with Gasteiger partial charge in [-0.25, -0.2) is 8.42 Å². The van der Waals surface area contributed by atoms with E-state index >= 15 is 0 Å². The Labute approximate surface area is 188 Å². The third-order valence-electron chi connectivity index (χ3n) is 4.62. The van der Waals surface area contributed by atoms with Crippen LogP contribution in [0.15, 0.2) is 48.5 Å². The standard InChI is InChI=1S/C22H29N3O6S/c1-16(31-18-12-10-17(11-13-18)25(2)32(4,28)29)21(26)24-20-9-6-5-8-19(20)22(27)23-14-7-15-30-3/h5-6,8-13,16H,7,14-15H2,1-4H3,(H,23,27)(H,24,26)/t16-/m1/s1. The minimum absolute atomic E-state index is 0.295. The maximum absolute atomic E-state index is 12.6. The number of anilines is 2. The molecule has 0 heterocycles. The number of hydrogen-bond acceptors (Lipinski definition) is 6. The zero-order chi connectivity index (χ0) is 23.7. The summed E-state index contributed by atoms with van der Waals surface area (Å²) in [7, 11) is -0.324. The van der Waals surface area contributed by atoms with Crippen molar-refractivity contribution in [3.05, 3.63) is 54.1 Å². The molecule has 0 aromatic heterocycles. The summed E-state index contributed by atoms with van der Waals surface area (Å²) in [5, 5.41) is 5.52. The smallest absolute Gasteiger partial charge is 0.265 e. The van der Waals surface area contributed by atoms with Crippen LogP contribution in [0.3, 0.4) is 0 Å². The molecule has 0 saturated heterocycles. The summed E-state index contributed by atoms with van der Waals surface area (Å²) in [5.41, 5.74) is 1.20. The van der Waals surface area contributed by atoms with Crippen LogP contribution in [-0.2, 0) is 19.6 Å². The zero-order valence-corrected chi connectivity index (χ0v) is 19.4. The lowest BCUT2D eigenvalue weighted by molar-refractivity contribution is -0.122. The van der Waals surface area contributed by atoms with Gasteiger partial charge in [-0.3, -0.25) is 13.9 Å². The van der Waals surface area contributed by atoms with Crippen molar-refractivity contribution in [3.8, 4) is 5.75 Å². The predicted molar refractivity (Wildman–Crippen MR) is 124 cm³/mol. The van der Waals surface area contributed by atoms with Gasteiger partial charge in [-0.15, -0.1) is 0 Å². The van der Waals surface area contributed by atoms with E-state index in [1.54, 1.807) is 62.6 Å². The molecule has 0 saturated carbocycles. The van der Waals surface area contributed by atoms with Crippen LogP contribution in [0.25, 0.3) is 0 Å². The molecule has 10 heteroatoms. The number of sulfonamides is 1. The summed E-state index contributed by atoms with van der Waals surface area (Å²) in [6.07, 6.45) is 0.938. The largest absolute Gasteiger partial charge is 0.481 e. The molecule has 174 valence electrons. The van der Waals surface area contributed by atoms with Gasteiger partial charge in [0, 0.05) is 27.3 Å². The third kappa shape index (κ3) is 7.24. The lowest BCUT2D eigenvalue weighted by Crippen LogP contribution is -2.32. The van der Waals surface area contributed by atoms with Crippen LogP contribution < -0.4 is 19.7 Å². The van der Waals surface area contributed by atoms with Gasteiger partial charge >= 0.3 is 0 Å². The van der Waals surface area contributed by atoms with Gasteiger partial charge in [0.15, 0.2) is 6.10 Å². The maximum Gasteiger partial charge on any atom is 0.265 e. The Morgan fingerprint density at radius 3 is 2.38 bits per heavy atom. The van der Waals surface area contributed by atoms with Crippen molar-refractivity contribution in [2.45, 2.75) is 19.4 Å². The molecule has 0 aliphatic heterocycles. The normalized spacial score (nSPS) is 12.0. The predicted octanol–water partition coefficient (Wildman–Crippen LogP) is 2.25. The molecule has 1 atom stereocenters. The first-order chi connectivity index (χ1) is 15.1. The number of nitrogens with zero attached hydrogens (tertiary/aromatic N) is 1. The number of methoxy groups -OCH3 is 1. The topological polar surface area (TPSA) is 114 Å². The quantitative estimate of drug-likeness (QED) is 0.494. The minimum Gasteiger partial charge on any atom is -0.481 e. The van der Waals surface area contributed by atoms with Crippen molar-refractivity contribution in [1.29, 1.82) is 0 Å². The molecule has 0 aliphatic carbocycles. The van der Waals surface area contributed by atoms with Crippen LogP contribution in [-0.4, -0.2) is 59.9 Å². The molecule has 0 spiro atoms. The molecule has 0 radical (unpaired) electrons. The fourth-order valence-electron chi connectivity index (χ4n) is 2.72. The van der Waals surface area contributed by atoms with E-state index in [0.717, 1.165) is 10.6 Å². The fraction of sp³-hybridized carbons (Fsp3) is 0.364. The molecule has 0 unspecified atom stereocenters. The van der Waals surface area contributed by atoms with E-state index < -0.39 is 22.0 Å². The van der Waals surface area contributed by atoms with Gasteiger partial charge in [-0.2, -0.15) is 0 Å². The van der Waals surface area contributed by atoms with Crippen molar-refractivity contribution in [1.82, 2.24) is 5.32 Å². The number of carbonyl (C=O) groups excluding carboxylic acids is 2. The molecule has 0 bridgehead atoms. The number of carbonyl (C=O) groups is 2. The van der Waals surface area contributed by atoms with Gasteiger partial charge in [0.2, 0.25) is 10.0 Å². The van der Waals surface area contributed by atoms with Crippen molar-refractivity contribution in [2.24, 2.45) is 0 Å². The Morgan fingerprint density at radius 2 is 1.75 bits per heavy atom. The molecule has 0 fully saturated rings. The molecule has 32 heavy (non-hydrogen) atoms. The SMILES string of the molecule is COCCCNC(=O)c1ccccc1NC(=O)[C@@H](C)Oc1ccc(N(C)S(C)(=O)=O)cc1. The fourth-order valence-corrected chi connectivity index (χ4v) is 3.23. The van der Waals surface area contributed by atoms with Gasteiger partial charge in [0.05, 0.1) is 23.2 Å². The second-order valence-electron chi connectivity index (χ2n) is 7.12. The van der Waals surface area contributed by atoms with Gasteiger partial charge in [-0.05, 0) is 49.7 Å². The monoisotopic (exact) mass is 463 g/mol. The number of para-hydroxylation sites is 1. The molecule has 2 N–H and O–H groups in total. The summed E-state index contributed by atoms with van der Waals surface area (Å²) in [6.45, 7) is 2.58. The molecular weight excluding hydrogens is 434 g/mol. The second-order valence-corrected chi connectivity index (χ2v) is 9.14. The Balaban J connectivity index is 2.00. The Kier molecular flexibility index (Phi) is 9.03. The number of amides is 2. The zero-order valence-electron chi connectivity index (χ0n) is 18.6. The number of rotatable bonds is 11. The number of nitrogens with one attached hydrogen (secondary N) is 2. The highest BCUT2D eigenvalue weighted by Gasteiger charge is 2.19. The van der Waals surface area contributed by atoms with Gasteiger partial charge in [-0.1, -0.05) is 12.1 Å². The number of ether oxygens (including phenoxy) is 2. The summed E-state index contributed by atoms with van der Waals surface area (Å²) in [5.74, 6) is -0.319. The highest BCUT2D eigenvalue weighted by atomic mass is 32.2. The van der Waals surface area contributed by atoms with Crippen molar-refractivity contribution in [3.63, 3.8) is 0 Å². The van der Waals surface area contributed by atoms with Crippen molar-refractivity contribution < 1.29 is 27.5 Å². The molecule has 2 amide bonds. The van der Waals surface area contributed by atoms with E-state index in [2.05, 4.69) is 10.6 Å². The first kappa shape index (κ1) is 25.2. The third-order valence-corrected chi connectivity index (χ3v) is 5.83. The van der Waals surface area contributed by atoms with Crippen molar-refractivity contribution in [2.75, 3.05) is 43.2 Å². The second kappa shape index (κ2) is 11.5. The summed E-state index contributed by atoms with van der Waals surface area (Å²) < 4.78 is 35.0. The highest BCUT2D eigenvalue weighted by molar-refractivity contribution is 7.92. The molecule has 9 nitrogen and oxygen atoms in total. The summed E-state index contributed by atoms with van der Waals surface area (Å²) in [6, 6.07) is 13.1. The summed E-state index contributed by atoms with van der Waals surface area (Å²) >= 11 is 0. The maximum atomic E-state index is 12.6. The van der Waals surface area contributed by atoms with Crippen molar-refractivity contribution >= 4 is 33.2 Å². The minimum atomic E-state index is -3.37. The number of benzene rings is 2. The van der Waals surface area contributed by atoms with E-state index in [1.165, 1.54) is 7.05 Å². The van der Waals surface area contributed by atoms with Gasteiger partial charge in [0.1, 0.15) is 5.75 Å². The summed E-state index contributed by atoms with van der Waals surface area (Å²) in [4.78, 5) is 25.1.